The highest BCUT2D eigenvalue weighted by atomic mass is 32.2. The molecule has 0 aromatic rings. The molecule has 0 spiro atoms. The quantitative estimate of drug-likeness (QED) is 0.805. The van der Waals surface area contributed by atoms with Crippen LogP contribution in [0.15, 0.2) is 0 Å². The SMILES string of the molecule is CC1CCC(CN)(C(=O)NCC2CCCS2(=O)=O)CC1. The fraction of sp³-hybridized carbons (Fsp3) is 0.929. The Labute approximate surface area is 121 Å². The van der Waals surface area contributed by atoms with Crippen molar-refractivity contribution < 1.29 is 13.2 Å². The van der Waals surface area contributed by atoms with Crippen molar-refractivity contribution in [2.24, 2.45) is 17.1 Å². The number of hydrogen-bond acceptors (Lipinski definition) is 4. The number of nitrogens with one attached hydrogen (secondary N) is 1. The Balaban J connectivity index is 1.93. The van der Waals surface area contributed by atoms with Gasteiger partial charge in [-0.2, -0.15) is 0 Å². The molecule has 20 heavy (non-hydrogen) atoms. The van der Waals surface area contributed by atoms with Gasteiger partial charge < -0.3 is 11.1 Å². The summed E-state index contributed by atoms with van der Waals surface area (Å²) < 4.78 is 23.5. The number of carbonyl (C=O) groups excluding carboxylic acids is 1. The second-order valence-corrected chi connectivity index (χ2v) is 8.91. The van der Waals surface area contributed by atoms with Crippen molar-refractivity contribution >= 4 is 15.7 Å². The third-order valence-electron chi connectivity index (χ3n) is 5.06. The van der Waals surface area contributed by atoms with E-state index in [1.54, 1.807) is 0 Å². The molecule has 0 aromatic heterocycles. The molecule has 1 saturated carbocycles. The summed E-state index contributed by atoms with van der Waals surface area (Å²) in [5, 5.41) is 2.46. The van der Waals surface area contributed by atoms with E-state index in [2.05, 4.69) is 12.2 Å². The van der Waals surface area contributed by atoms with Gasteiger partial charge in [0.25, 0.3) is 0 Å². The normalized spacial score (nSPS) is 36.7. The largest absolute Gasteiger partial charge is 0.354 e. The first-order valence-corrected chi connectivity index (χ1v) is 9.31. The van der Waals surface area contributed by atoms with Crippen LogP contribution in [-0.4, -0.2) is 38.4 Å². The topological polar surface area (TPSA) is 89.3 Å². The van der Waals surface area contributed by atoms with Crippen LogP contribution in [0.3, 0.4) is 0 Å². The molecule has 0 aromatic carbocycles. The Morgan fingerprint density at radius 2 is 1.95 bits per heavy atom. The van der Waals surface area contributed by atoms with Crippen molar-refractivity contribution in [2.45, 2.75) is 50.7 Å². The molecule has 0 radical (unpaired) electrons. The highest BCUT2D eigenvalue weighted by Crippen LogP contribution is 2.38. The second kappa shape index (κ2) is 6.02. The standard InChI is InChI=1S/C14H26N2O3S/c1-11-4-6-14(10-15,7-5-11)13(17)16-9-12-3-2-8-20(12,18)19/h11-12H,2-10,15H2,1H3,(H,16,17). The minimum Gasteiger partial charge on any atom is -0.354 e. The summed E-state index contributed by atoms with van der Waals surface area (Å²) in [6.45, 7) is 2.80. The van der Waals surface area contributed by atoms with E-state index in [0.29, 0.717) is 25.3 Å². The van der Waals surface area contributed by atoms with Gasteiger partial charge in [0.1, 0.15) is 0 Å². The molecule has 2 fully saturated rings. The number of amides is 1. The number of carbonyl (C=O) groups is 1. The highest BCUT2D eigenvalue weighted by molar-refractivity contribution is 7.92. The first kappa shape index (κ1) is 15.8. The van der Waals surface area contributed by atoms with Gasteiger partial charge in [0.2, 0.25) is 5.91 Å². The smallest absolute Gasteiger partial charge is 0.227 e. The van der Waals surface area contributed by atoms with Crippen LogP contribution in [0.25, 0.3) is 0 Å². The monoisotopic (exact) mass is 302 g/mol. The van der Waals surface area contributed by atoms with E-state index in [-0.39, 0.29) is 18.2 Å². The van der Waals surface area contributed by atoms with Crippen LogP contribution in [0.5, 0.6) is 0 Å². The van der Waals surface area contributed by atoms with Crippen LogP contribution >= 0.6 is 0 Å². The molecular weight excluding hydrogens is 276 g/mol. The Morgan fingerprint density at radius 3 is 2.45 bits per heavy atom. The Kier molecular flexibility index (Phi) is 4.74. The van der Waals surface area contributed by atoms with Crippen molar-refractivity contribution in [1.82, 2.24) is 5.32 Å². The number of nitrogens with two attached hydrogens (primary N) is 1. The number of rotatable bonds is 4. The summed E-state index contributed by atoms with van der Waals surface area (Å²) >= 11 is 0. The minimum atomic E-state index is -2.99. The van der Waals surface area contributed by atoms with Crippen molar-refractivity contribution in [2.75, 3.05) is 18.8 Å². The van der Waals surface area contributed by atoms with Gasteiger partial charge in [-0.25, -0.2) is 8.42 Å². The van der Waals surface area contributed by atoms with Gasteiger partial charge in [-0.1, -0.05) is 6.92 Å². The Bertz CT molecular complexity index is 453. The van der Waals surface area contributed by atoms with Crippen LogP contribution in [0.1, 0.15) is 45.4 Å². The summed E-state index contributed by atoms with van der Waals surface area (Å²) in [7, 11) is -2.99. The zero-order valence-corrected chi connectivity index (χ0v) is 13.0. The molecule has 1 amide bonds. The zero-order chi connectivity index (χ0) is 14.8. The molecule has 1 saturated heterocycles. The van der Waals surface area contributed by atoms with Gasteiger partial charge in [0.15, 0.2) is 9.84 Å². The summed E-state index contributed by atoms with van der Waals surface area (Å²) in [5.41, 5.74) is 5.37. The molecule has 1 unspecified atom stereocenters. The van der Waals surface area contributed by atoms with Gasteiger partial charge in [-0.3, -0.25) is 4.79 Å². The maximum Gasteiger partial charge on any atom is 0.227 e. The maximum absolute atomic E-state index is 12.4. The number of hydrogen-bond donors (Lipinski definition) is 2. The summed E-state index contributed by atoms with van der Waals surface area (Å²) in [5.74, 6) is 0.860. The number of sulfone groups is 1. The molecular formula is C14H26N2O3S. The first-order chi connectivity index (χ1) is 9.39. The van der Waals surface area contributed by atoms with Crippen LogP contribution in [0, 0.1) is 11.3 Å². The van der Waals surface area contributed by atoms with Crippen molar-refractivity contribution in [3.63, 3.8) is 0 Å². The molecule has 2 rings (SSSR count). The van der Waals surface area contributed by atoms with Gasteiger partial charge >= 0.3 is 0 Å². The molecule has 1 heterocycles. The first-order valence-electron chi connectivity index (χ1n) is 7.59. The third kappa shape index (κ3) is 3.17. The summed E-state index contributed by atoms with van der Waals surface area (Å²) in [4.78, 5) is 12.4. The average Bonchev–Trinajstić information content (AvgIpc) is 2.76. The van der Waals surface area contributed by atoms with Gasteiger partial charge in [-0.05, 0) is 44.4 Å². The zero-order valence-electron chi connectivity index (χ0n) is 12.2. The van der Waals surface area contributed by atoms with Crippen LogP contribution < -0.4 is 11.1 Å². The summed E-state index contributed by atoms with van der Waals surface area (Å²) in [6.07, 6.45) is 5.04. The van der Waals surface area contributed by atoms with Crippen molar-refractivity contribution in [3.05, 3.63) is 0 Å². The lowest BCUT2D eigenvalue weighted by molar-refractivity contribution is -0.132. The fourth-order valence-corrected chi connectivity index (χ4v) is 5.09. The van der Waals surface area contributed by atoms with Gasteiger partial charge in [-0.15, -0.1) is 0 Å². The molecule has 2 aliphatic rings. The second-order valence-electron chi connectivity index (χ2n) is 6.51. The predicted octanol–water partition coefficient (Wildman–Crippen LogP) is 0.835. The average molecular weight is 302 g/mol. The predicted molar refractivity (Wildman–Crippen MR) is 78.9 cm³/mol. The van der Waals surface area contributed by atoms with E-state index in [1.165, 1.54) is 0 Å². The molecule has 1 aliphatic heterocycles. The van der Waals surface area contributed by atoms with E-state index >= 15 is 0 Å². The van der Waals surface area contributed by atoms with Crippen LogP contribution in [0.4, 0.5) is 0 Å². The van der Waals surface area contributed by atoms with Crippen molar-refractivity contribution in [3.8, 4) is 0 Å². The Morgan fingerprint density at radius 1 is 1.30 bits per heavy atom. The van der Waals surface area contributed by atoms with E-state index < -0.39 is 20.5 Å². The van der Waals surface area contributed by atoms with Crippen LogP contribution in [0.2, 0.25) is 0 Å². The third-order valence-corrected chi connectivity index (χ3v) is 7.33. The summed E-state index contributed by atoms with van der Waals surface area (Å²) in [6, 6.07) is 0. The highest BCUT2D eigenvalue weighted by Gasteiger charge is 2.40. The molecule has 116 valence electrons. The lowest BCUT2D eigenvalue weighted by Gasteiger charge is -2.37. The lowest BCUT2D eigenvalue weighted by atomic mass is 9.70. The lowest BCUT2D eigenvalue weighted by Crippen LogP contribution is -2.49. The van der Waals surface area contributed by atoms with E-state index in [4.69, 9.17) is 5.73 Å². The fourth-order valence-electron chi connectivity index (χ4n) is 3.32. The molecule has 1 atom stereocenters. The van der Waals surface area contributed by atoms with E-state index in [9.17, 15) is 13.2 Å². The van der Waals surface area contributed by atoms with Crippen molar-refractivity contribution in [1.29, 1.82) is 0 Å². The molecule has 0 bridgehead atoms. The van der Waals surface area contributed by atoms with E-state index in [0.717, 1.165) is 25.7 Å². The van der Waals surface area contributed by atoms with Crippen LogP contribution in [-0.2, 0) is 14.6 Å². The van der Waals surface area contributed by atoms with E-state index in [1.807, 2.05) is 0 Å². The molecule has 5 nitrogen and oxygen atoms in total. The van der Waals surface area contributed by atoms with Gasteiger partial charge in [0, 0.05) is 13.1 Å². The Hall–Kier alpha value is -0.620. The molecule has 1 aliphatic carbocycles. The minimum absolute atomic E-state index is 0.0472. The molecule has 6 heteroatoms. The van der Waals surface area contributed by atoms with Gasteiger partial charge in [0.05, 0.1) is 16.4 Å². The molecule has 3 N–H and O–H groups in total. The maximum atomic E-state index is 12.4.